The quantitative estimate of drug-likeness (QED) is 0.296. The molecule has 0 spiro atoms. The molecule has 2 atom stereocenters. The Balaban J connectivity index is 5.15. The molecule has 2 unspecified atom stereocenters. The molecule has 21 heavy (non-hydrogen) atoms. The molecule has 0 aliphatic carbocycles. The first kappa shape index (κ1) is 19.0. The van der Waals surface area contributed by atoms with Crippen LogP contribution in [-0.2, 0) is 23.9 Å². The van der Waals surface area contributed by atoms with Crippen LogP contribution in [0, 0.1) is 5.92 Å². The number of carboxylic acids is 2. The van der Waals surface area contributed by atoms with Gasteiger partial charge in [-0.15, -0.1) is 0 Å². The van der Waals surface area contributed by atoms with Gasteiger partial charge < -0.3 is 20.1 Å². The second-order valence-corrected chi connectivity index (χ2v) is 4.72. The van der Waals surface area contributed by atoms with Crippen LogP contribution < -0.4 is 0 Å². The third kappa shape index (κ3) is 5.50. The number of Topliss-reactive ketones (excluding diaryl/α,β-unsaturated/α-hetero) is 1. The van der Waals surface area contributed by atoms with Crippen LogP contribution in [0.4, 0.5) is 0 Å². The van der Waals surface area contributed by atoms with E-state index >= 15 is 0 Å². The van der Waals surface area contributed by atoms with Crippen molar-refractivity contribution in [2.75, 3.05) is 6.61 Å². The number of carbonyl (C=O) groups excluding carboxylic acids is 2. The van der Waals surface area contributed by atoms with Crippen LogP contribution in [0.3, 0.4) is 0 Å². The predicted molar refractivity (Wildman–Crippen MR) is 69.5 cm³/mol. The number of carboxylic acid groups (broad SMARTS) is 2. The molecule has 8 nitrogen and oxygen atoms in total. The van der Waals surface area contributed by atoms with Crippen LogP contribution in [0.15, 0.2) is 0 Å². The zero-order valence-electron chi connectivity index (χ0n) is 12.0. The van der Waals surface area contributed by atoms with Gasteiger partial charge >= 0.3 is 17.9 Å². The van der Waals surface area contributed by atoms with E-state index in [1.54, 1.807) is 0 Å². The Morgan fingerprint density at radius 1 is 1.14 bits per heavy atom. The monoisotopic (exact) mass is 304 g/mol. The first-order valence-electron chi connectivity index (χ1n) is 6.51. The molecule has 0 aliphatic heterocycles. The number of aliphatic hydroxyl groups is 1. The maximum Gasteiger partial charge on any atom is 0.337 e. The Kier molecular flexibility index (Phi) is 7.57. The molecule has 0 aromatic carbocycles. The summed E-state index contributed by atoms with van der Waals surface area (Å²) < 4.78 is 4.77. The smallest absolute Gasteiger partial charge is 0.337 e. The van der Waals surface area contributed by atoms with E-state index in [9.17, 15) is 24.3 Å². The third-order valence-electron chi connectivity index (χ3n) is 2.90. The lowest BCUT2D eigenvalue weighted by atomic mass is 9.82. The van der Waals surface area contributed by atoms with Crippen LogP contribution >= 0.6 is 0 Å². The van der Waals surface area contributed by atoms with E-state index in [0.717, 1.165) is 19.8 Å². The minimum atomic E-state index is -3.03. The Labute approximate surface area is 121 Å². The van der Waals surface area contributed by atoms with E-state index in [-0.39, 0.29) is 6.61 Å². The third-order valence-corrected chi connectivity index (χ3v) is 2.90. The van der Waals surface area contributed by atoms with Crippen molar-refractivity contribution in [3.8, 4) is 0 Å². The number of rotatable bonds is 10. The van der Waals surface area contributed by atoms with Gasteiger partial charge in [0.15, 0.2) is 11.5 Å². The summed E-state index contributed by atoms with van der Waals surface area (Å²) in [6, 6.07) is 0. The van der Waals surface area contributed by atoms with Crippen LogP contribution in [0.1, 0.15) is 39.5 Å². The average Bonchev–Trinajstić information content (AvgIpc) is 2.33. The minimum Gasteiger partial charge on any atom is -0.481 e. The fourth-order valence-corrected chi connectivity index (χ4v) is 1.84. The van der Waals surface area contributed by atoms with Crippen molar-refractivity contribution in [1.29, 1.82) is 0 Å². The zero-order valence-corrected chi connectivity index (χ0v) is 12.0. The van der Waals surface area contributed by atoms with Gasteiger partial charge in [0.1, 0.15) is 5.78 Å². The Hall–Kier alpha value is -1.96. The van der Waals surface area contributed by atoms with E-state index < -0.39 is 41.6 Å². The average molecular weight is 304 g/mol. The lowest BCUT2D eigenvalue weighted by Gasteiger charge is -2.27. The molecule has 0 saturated carbocycles. The Morgan fingerprint density at radius 2 is 1.71 bits per heavy atom. The first-order valence-corrected chi connectivity index (χ1v) is 6.51. The molecular weight excluding hydrogens is 284 g/mol. The topological polar surface area (TPSA) is 138 Å². The van der Waals surface area contributed by atoms with Gasteiger partial charge in [-0.25, -0.2) is 4.79 Å². The van der Waals surface area contributed by atoms with Gasteiger partial charge in [-0.2, -0.15) is 0 Å². The molecule has 0 aromatic heterocycles. The van der Waals surface area contributed by atoms with Gasteiger partial charge in [-0.3, -0.25) is 14.4 Å². The van der Waals surface area contributed by atoms with Crippen molar-refractivity contribution in [2.24, 2.45) is 5.92 Å². The molecule has 0 saturated heterocycles. The number of carbonyl (C=O) groups is 4. The molecule has 0 aliphatic rings. The van der Waals surface area contributed by atoms with Crippen molar-refractivity contribution in [1.82, 2.24) is 0 Å². The molecule has 3 N–H and O–H groups in total. The summed E-state index contributed by atoms with van der Waals surface area (Å²) in [5.41, 5.74) is -3.03. The summed E-state index contributed by atoms with van der Waals surface area (Å²) in [4.78, 5) is 45.1. The van der Waals surface area contributed by atoms with E-state index in [1.807, 2.05) is 6.92 Å². The van der Waals surface area contributed by atoms with Gasteiger partial charge in [0, 0.05) is 0 Å². The van der Waals surface area contributed by atoms with Gasteiger partial charge in [0.25, 0.3) is 0 Å². The van der Waals surface area contributed by atoms with Crippen molar-refractivity contribution in [3.05, 3.63) is 0 Å². The number of hydrogen-bond donors (Lipinski definition) is 3. The number of ether oxygens (including phenoxy) is 1. The van der Waals surface area contributed by atoms with Gasteiger partial charge in [0.2, 0.25) is 0 Å². The van der Waals surface area contributed by atoms with Crippen molar-refractivity contribution < 1.29 is 39.2 Å². The van der Waals surface area contributed by atoms with Crippen LogP contribution in [0.5, 0.6) is 0 Å². The van der Waals surface area contributed by atoms with E-state index in [1.165, 1.54) is 0 Å². The highest BCUT2D eigenvalue weighted by Gasteiger charge is 2.53. The van der Waals surface area contributed by atoms with Gasteiger partial charge in [-0.1, -0.05) is 19.8 Å². The summed E-state index contributed by atoms with van der Waals surface area (Å²) in [5.74, 6) is -7.89. The molecule has 8 heteroatoms. The molecule has 0 amide bonds. The second kappa shape index (κ2) is 8.35. The fourth-order valence-electron chi connectivity index (χ4n) is 1.84. The van der Waals surface area contributed by atoms with Crippen molar-refractivity contribution >= 4 is 23.7 Å². The van der Waals surface area contributed by atoms with Gasteiger partial charge in [0.05, 0.1) is 13.0 Å². The molecule has 0 fully saturated rings. The molecule has 0 radical (unpaired) electrons. The summed E-state index contributed by atoms with van der Waals surface area (Å²) in [6.45, 7) is 2.79. The minimum absolute atomic E-state index is 0.0285. The number of ketones is 1. The highest BCUT2D eigenvalue weighted by molar-refractivity contribution is 6.05. The summed E-state index contributed by atoms with van der Waals surface area (Å²) >= 11 is 0. The lowest BCUT2D eigenvalue weighted by molar-refractivity contribution is -0.182. The second-order valence-electron chi connectivity index (χ2n) is 4.72. The number of hydrogen-bond acceptors (Lipinski definition) is 6. The highest BCUT2D eigenvalue weighted by atomic mass is 16.5. The Bertz CT molecular complexity index is 416. The van der Waals surface area contributed by atoms with E-state index in [0.29, 0.717) is 6.42 Å². The fraction of sp³-hybridized carbons (Fsp3) is 0.692. The largest absolute Gasteiger partial charge is 0.481 e. The Morgan fingerprint density at radius 3 is 2.10 bits per heavy atom. The maximum absolute atomic E-state index is 11.8. The van der Waals surface area contributed by atoms with Crippen molar-refractivity contribution in [3.63, 3.8) is 0 Å². The maximum atomic E-state index is 11.8. The number of esters is 1. The SMILES string of the molecule is CCCCCOC(=O)C(C(C)=O)C(O)(CC(=O)O)C(=O)O. The summed E-state index contributed by atoms with van der Waals surface area (Å²) in [7, 11) is 0. The molecular formula is C13H20O8. The lowest BCUT2D eigenvalue weighted by Crippen LogP contribution is -2.54. The predicted octanol–water partition coefficient (Wildman–Crippen LogP) is 0.215. The standard InChI is InChI=1S/C13H20O8/c1-3-4-5-6-21-11(17)10(8(2)14)13(20,12(18)19)7-9(15)16/h10,20H,3-7H2,1-2H3,(H,15,16)(H,18,19). The normalized spacial score (nSPS) is 14.8. The molecule has 0 bridgehead atoms. The first-order chi connectivity index (χ1) is 9.66. The van der Waals surface area contributed by atoms with Crippen LogP contribution in [-0.4, -0.2) is 51.2 Å². The molecule has 0 aromatic rings. The number of unbranched alkanes of at least 4 members (excludes halogenated alkanes) is 2. The van der Waals surface area contributed by atoms with Crippen LogP contribution in [0.2, 0.25) is 0 Å². The van der Waals surface area contributed by atoms with Gasteiger partial charge in [-0.05, 0) is 13.3 Å². The number of aliphatic carboxylic acids is 2. The molecule has 0 heterocycles. The van der Waals surface area contributed by atoms with Crippen molar-refractivity contribution in [2.45, 2.75) is 45.1 Å². The molecule has 120 valence electrons. The van der Waals surface area contributed by atoms with Crippen LogP contribution in [0.25, 0.3) is 0 Å². The zero-order chi connectivity index (χ0) is 16.6. The molecule has 0 rings (SSSR count). The summed E-state index contributed by atoms with van der Waals surface area (Å²) in [5, 5.41) is 27.6. The van der Waals surface area contributed by atoms with E-state index in [4.69, 9.17) is 14.9 Å². The summed E-state index contributed by atoms with van der Waals surface area (Å²) in [6.07, 6.45) is 0.885. The van der Waals surface area contributed by atoms with E-state index in [2.05, 4.69) is 0 Å². The highest BCUT2D eigenvalue weighted by Crippen LogP contribution is 2.25.